The van der Waals surface area contributed by atoms with Crippen LogP contribution in [-0.4, -0.2) is 11.0 Å². The van der Waals surface area contributed by atoms with Gasteiger partial charge >= 0.3 is 0 Å². The second kappa shape index (κ2) is 5.49. The molecule has 98 valence electrons. The Kier molecular flexibility index (Phi) is 3.77. The zero-order valence-electron chi connectivity index (χ0n) is 10.1. The number of aromatic hydroxyl groups is 1. The number of hydrogen-bond acceptors (Lipinski definition) is 3. The summed E-state index contributed by atoms with van der Waals surface area (Å²) >= 11 is 0. The first-order chi connectivity index (χ1) is 9.10. The molecule has 2 aromatic rings. The maximum Gasteiger partial charge on any atom is 0.255 e. The number of carbonyl (C=O) groups is 1. The van der Waals surface area contributed by atoms with Gasteiger partial charge in [-0.05, 0) is 29.8 Å². The number of nitrogens with two attached hydrogens (primary N) is 1. The lowest BCUT2D eigenvalue weighted by Gasteiger charge is -2.06. The van der Waals surface area contributed by atoms with Crippen molar-refractivity contribution in [1.82, 2.24) is 0 Å². The molecule has 0 aliphatic heterocycles. The van der Waals surface area contributed by atoms with Crippen LogP contribution in [0.4, 0.5) is 10.1 Å². The van der Waals surface area contributed by atoms with E-state index in [2.05, 4.69) is 5.32 Å². The van der Waals surface area contributed by atoms with E-state index < -0.39 is 11.6 Å². The molecule has 0 aliphatic rings. The molecular formula is C14H13FN2O2. The van der Waals surface area contributed by atoms with Gasteiger partial charge in [-0.1, -0.05) is 12.1 Å². The van der Waals surface area contributed by atoms with E-state index >= 15 is 0 Å². The quantitative estimate of drug-likeness (QED) is 0.741. The van der Waals surface area contributed by atoms with Gasteiger partial charge in [0.1, 0.15) is 0 Å². The molecule has 2 aromatic carbocycles. The molecule has 0 saturated heterocycles. The molecule has 0 heterocycles. The molecule has 2 rings (SSSR count). The third-order valence-corrected chi connectivity index (χ3v) is 2.66. The van der Waals surface area contributed by atoms with Crippen molar-refractivity contribution in [3.63, 3.8) is 0 Å². The number of nitrogens with one attached hydrogen (secondary N) is 1. The molecule has 0 bridgehead atoms. The van der Waals surface area contributed by atoms with Crippen LogP contribution in [0.15, 0.2) is 42.5 Å². The summed E-state index contributed by atoms with van der Waals surface area (Å²) in [5, 5.41) is 11.6. The lowest BCUT2D eigenvalue weighted by Crippen LogP contribution is -2.12. The number of hydrogen-bond donors (Lipinski definition) is 3. The summed E-state index contributed by atoms with van der Waals surface area (Å²) in [6.07, 6.45) is 0. The van der Waals surface area contributed by atoms with E-state index in [4.69, 9.17) is 10.8 Å². The molecule has 0 spiro atoms. The van der Waals surface area contributed by atoms with E-state index in [1.807, 2.05) is 0 Å². The summed E-state index contributed by atoms with van der Waals surface area (Å²) in [6.45, 7) is 0.408. The van der Waals surface area contributed by atoms with Gasteiger partial charge in [0.25, 0.3) is 5.91 Å². The highest BCUT2D eigenvalue weighted by molar-refractivity contribution is 6.04. The number of rotatable bonds is 3. The van der Waals surface area contributed by atoms with E-state index in [0.29, 0.717) is 12.1 Å². The van der Waals surface area contributed by atoms with Gasteiger partial charge in [0.05, 0.1) is 0 Å². The van der Waals surface area contributed by atoms with Crippen molar-refractivity contribution in [2.75, 3.05) is 5.32 Å². The van der Waals surface area contributed by atoms with Crippen molar-refractivity contribution in [2.45, 2.75) is 6.54 Å². The van der Waals surface area contributed by atoms with Gasteiger partial charge in [0.2, 0.25) is 0 Å². The van der Waals surface area contributed by atoms with Gasteiger partial charge in [-0.15, -0.1) is 0 Å². The zero-order chi connectivity index (χ0) is 13.8. The van der Waals surface area contributed by atoms with E-state index in [9.17, 15) is 9.18 Å². The standard InChI is InChI=1S/C14H13FN2O2/c15-12-7-11(5-6-13(12)18)17-14(19)10-3-1-9(8-16)2-4-10/h1-7,18H,8,16H2,(H,17,19). The first-order valence-electron chi connectivity index (χ1n) is 5.69. The number of phenols is 1. The molecule has 0 atom stereocenters. The van der Waals surface area contributed by atoms with Crippen LogP contribution in [0.2, 0.25) is 0 Å². The number of anilines is 1. The van der Waals surface area contributed by atoms with Crippen LogP contribution in [-0.2, 0) is 6.54 Å². The predicted molar refractivity (Wildman–Crippen MR) is 70.4 cm³/mol. The van der Waals surface area contributed by atoms with Crippen LogP contribution in [0.1, 0.15) is 15.9 Å². The number of phenolic OH excluding ortho intramolecular Hbond substituents is 1. The summed E-state index contributed by atoms with van der Waals surface area (Å²) in [5.41, 5.74) is 7.12. The molecule has 1 amide bonds. The molecule has 0 aromatic heterocycles. The van der Waals surface area contributed by atoms with Crippen molar-refractivity contribution >= 4 is 11.6 Å². The lowest BCUT2D eigenvalue weighted by molar-refractivity contribution is 0.102. The van der Waals surface area contributed by atoms with Crippen molar-refractivity contribution in [2.24, 2.45) is 5.73 Å². The van der Waals surface area contributed by atoms with Crippen molar-refractivity contribution < 1.29 is 14.3 Å². The Hall–Kier alpha value is -2.40. The highest BCUT2D eigenvalue weighted by Gasteiger charge is 2.07. The van der Waals surface area contributed by atoms with E-state index in [1.165, 1.54) is 12.1 Å². The number of benzene rings is 2. The Balaban J connectivity index is 2.13. The maximum atomic E-state index is 13.1. The fourth-order valence-electron chi connectivity index (χ4n) is 1.58. The number of carbonyl (C=O) groups excluding carboxylic acids is 1. The average Bonchev–Trinajstić information content (AvgIpc) is 2.43. The van der Waals surface area contributed by atoms with Gasteiger partial charge in [0, 0.05) is 23.9 Å². The summed E-state index contributed by atoms with van der Waals surface area (Å²) < 4.78 is 13.1. The summed E-state index contributed by atoms with van der Waals surface area (Å²) in [4.78, 5) is 11.9. The van der Waals surface area contributed by atoms with Gasteiger partial charge in [-0.3, -0.25) is 4.79 Å². The Morgan fingerprint density at radius 2 is 1.89 bits per heavy atom. The minimum Gasteiger partial charge on any atom is -0.505 e. The fourth-order valence-corrected chi connectivity index (χ4v) is 1.58. The summed E-state index contributed by atoms with van der Waals surface area (Å²) in [6, 6.07) is 10.5. The smallest absolute Gasteiger partial charge is 0.255 e. The Morgan fingerprint density at radius 3 is 2.47 bits per heavy atom. The molecule has 4 nitrogen and oxygen atoms in total. The molecule has 0 fully saturated rings. The second-order valence-electron chi connectivity index (χ2n) is 4.02. The Labute approximate surface area is 109 Å². The number of halogens is 1. The Bertz CT molecular complexity index is 597. The van der Waals surface area contributed by atoms with Gasteiger partial charge in [-0.2, -0.15) is 0 Å². The largest absolute Gasteiger partial charge is 0.505 e. The highest BCUT2D eigenvalue weighted by Crippen LogP contribution is 2.19. The molecule has 4 N–H and O–H groups in total. The molecular weight excluding hydrogens is 247 g/mol. The molecule has 5 heteroatoms. The van der Waals surface area contributed by atoms with E-state index in [1.54, 1.807) is 24.3 Å². The van der Waals surface area contributed by atoms with Crippen LogP contribution >= 0.6 is 0 Å². The molecule has 19 heavy (non-hydrogen) atoms. The summed E-state index contributed by atoms with van der Waals surface area (Å²) in [7, 11) is 0. The first-order valence-corrected chi connectivity index (χ1v) is 5.69. The minimum atomic E-state index is -0.781. The van der Waals surface area contributed by atoms with Crippen molar-refractivity contribution in [3.8, 4) is 5.75 Å². The fraction of sp³-hybridized carbons (Fsp3) is 0.0714. The third kappa shape index (κ3) is 3.08. The highest BCUT2D eigenvalue weighted by atomic mass is 19.1. The van der Waals surface area contributed by atoms with E-state index in [0.717, 1.165) is 11.6 Å². The molecule has 0 unspecified atom stereocenters. The van der Waals surface area contributed by atoms with Crippen LogP contribution in [0, 0.1) is 5.82 Å². The molecule has 0 radical (unpaired) electrons. The van der Waals surface area contributed by atoms with Crippen LogP contribution in [0.3, 0.4) is 0 Å². The van der Waals surface area contributed by atoms with Gasteiger partial charge in [-0.25, -0.2) is 4.39 Å². The monoisotopic (exact) mass is 260 g/mol. The lowest BCUT2D eigenvalue weighted by atomic mass is 10.1. The zero-order valence-corrected chi connectivity index (χ0v) is 10.1. The van der Waals surface area contributed by atoms with Crippen LogP contribution in [0.25, 0.3) is 0 Å². The maximum absolute atomic E-state index is 13.1. The first kappa shape index (κ1) is 13.0. The topological polar surface area (TPSA) is 75.4 Å². The normalized spacial score (nSPS) is 10.2. The molecule has 0 aliphatic carbocycles. The molecule has 0 saturated carbocycles. The van der Waals surface area contributed by atoms with Crippen molar-refractivity contribution in [3.05, 3.63) is 59.4 Å². The minimum absolute atomic E-state index is 0.281. The summed E-state index contributed by atoms with van der Waals surface area (Å²) in [5.74, 6) is -1.59. The van der Waals surface area contributed by atoms with Gasteiger partial charge < -0.3 is 16.2 Å². The van der Waals surface area contributed by atoms with Gasteiger partial charge in [0.15, 0.2) is 11.6 Å². The number of amides is 1. The van der Waals surface area contributed by atoms with Crippen molar-refractivity contribution in [1.29, 1.82) is 0 Å². The predicted octanol–water partition coefficient (Wildman–Crippen LogP) is 2.24. The third-order valence-electron chi connectivity index (χ3n) is 2.66. The van der Waals surface area contributed by atoms with Crippen LogP contribution < -0.4 is 11.1 Å². The van der Waals surface area contributed by atoms with E-state index in [-0.39, 0.29) is 11.6 Å². The van der Waals surface area contributed by atoms with Crippen LogP contribution in [0.5, 0.6) is 5.75 Å². The second-order valence-corrected chi connectivity index (χ2v) is 4.02. The Morgan fingerprint density at radius 1 is 1.21 bits per heavy atom. The SMILES string of the molecule is NCc1ccc(C(=O)Nc2ccc(O)c(F)c2)cc1. The average molecular weight is 260 g/mol.